The molecule has 1 heterocycles. The fraction of sp³-hybridized carbons (Fsp3) is 1.00. The van der Waals surface area contributed by atoms with Crippen LogP contribution in [0.5, 0.6) is 0 Å². The smallest absolute Gasteiger partial charge is 0.216 e. The maximum absolute atomic E-state index is 9.99. The van der Waals surface area contributed by atoms with Crippen molar-refractivity contribution in [2.45, 2.75) is 51.8 Å². The topological polar surface area (TPSA) is 65.0 Å². The van der Waals surface area contributed by atoms with Crippen molar-refractivity contribution in [1.29, 1.82) is 0 Å². The van der Waals surface area contributed by atoms with Crippen molar-refractivity contribution in [1.82, 2.24) is 10.2 Å². The molecule has 1 fully saturated rings. The van der Waals surface area contributed by atoms with E-state index >= 15 is 0 Å². The molecule has 5 heteroatoms. The average molecular weight is 232 g/mol. The summed E-state index contributed by atoms with van der Waals surface area (Å²) in [4.78, 5) is 1.86. The maximum Gasteiger partial charge on any atom is 0.216 e. The van der Waals surface area contributed by atoms with E-state index in [2.05, 4.69) is 5.32 Å². The molecular weight excluding hydrogens is 208 g/mol. The van der Waals surface area contributed by atoms with Gasteiger partial charge in [0, 0.05) is 25.2 Å². The van der Waals surface area contributed by atoms with Gasteiger partial charge in [0.15, 0.2) is 0 Å². The minimum Gasteiger partial charge on any atom is -0.395 e. The van der Waals surface area contributed by atoms with Crippen molar-refractivity contribution < 1.29 is 14.9 Å². The molecule has 0 amide bonds. The van der Waals surface area contributed by atoms with Crippen LogP contribution in [-0.2, 0) is 4.74 Å². The molecule has 16 heavy (non-hydrogen) atoms. The van der Waals surface area contributed by atoms with E-state index in [0.29, 0.717) is 6.54 Å². The van der Waals surface area contributed by atoms with Crippen molar-refractivity contribution in [3.8, 4) is 0 Å². The quantitative estimate of drug-likeness (QED) is 0.585. The van der Waals surface area contributed by atoms with E-state index in [1.807, 2.05) is 32.6 Å². The van der Waals surface area contributed by atoms with Crippen LogP contribution in [0.4, 0.5) is 0 Å². The van der Waals surface area contributed by atoms with Crippen LogP contribution in [0.3, 0.4) is 0 Å². The molecule has 1 aliphatic heterocycles. The van der Waals surface area contributed by atoms with E-state index in [1.165, 1.54) is 0 Å². The van der Waals surface area contributed by atoms with Gasteiger partial charge in [-0.3, -0.25) is 0 Å². The summed E-state index contributed by atoms with van der Waals surface area (Å²) in [7, 11) is 0. The predicted molar refractivity (Wildman–Crippen MR) is 61.9 cm³/mol. The zero-order chi connectivity index (χ0) is 12.3. The molecule has 1 unspecified atom stereocenters. The van der Waals surface area contributed by atoms with Crippen LogP contribution >= 0.6 is 0 Å². The number of hydrogen-bond donors (Lipinski definition) is 3. The summed E-state index contributed by atoms with van der Waals surface area (Å²) >= 11 is 0. The number of nitrogens with one attached hydrogen (secondary N) is 1. The van der Waals surface area contributed by atoms with E-state index in [4.69, 9.17) is 9.84 Å². The van der Waals surface area contributed by atoms with Gasteiger partial charge in [-0.1, -0.05) is 0 Å². The molecule has 0 aromatic heterocycles. The standard InChI is InChI=1S/C11H24N2O3/c1-8-5-12-9(7-14)6-13(8)10(15)16-11(2,3)4/h8-10,12,14-15H,5-7H2,1-4H3/t8-,9+,10?/m0/s1. The number of ether oxygens (including phenoxy) is 1. The van der Waals surface area contributed by atoms with Crippen molar-refractivity contribution in [3.63, 3.8) is 0 Å². The lowest BCUT2D eigenvalue weighted by Crippen LogP contribution is -2.60. The lowest BCUT2D eigenvalue weighted by Gasteiger charge is -2.42. The lowest BCUT2D eigenvalue weighted by molar-refractivity contribution is -0.252. The highest BCUT2D eigenvalue weighted by atomic mass is 16.6. The molecule has 0 aliphatic carbocycles. The monoisotopic (exact) mass is 232 g/mol. The largest absolute Gasteiger partial charge is 0.395 e. The van der Waals surface area contributed by atoms with Gasteiger partial charge < -0.3 is 20.3 Å². The van der Waals surface area contributed by atoms with Gasteiger partial charge in [0.25, 0.3) is 0 Å². The summed E-state index contributed by atoms with van der Waals surface area (Å²) < 4.78 is 5.51. The fourth-order valence-corrected chi connectivity index (χ4v) is 1.77. The molecule has 5 nitrogen and oxygen atoms in total. The van der Waals surface area contributed by atoms with E-state index < -0.39 is 6.41 Å². The lowest BCUT2D eigenvalue weighted by atomic mass is 10.1. The fourth-order valence-electron chi connectivity index (χ4n) is 1.77. The Morgan fingerprint density at radius 1 is 1.50 bits per heavy atom. The second kappa shape index (κ2) is 5.42. The van der Waals surface area contributed by atoms with Gasteiger partial charge in [-0.2, -0.15) is 0 Å². The van der Waals surface area contributed by atoms with Gasteiger partial charge >= 0.3 is 0 Å². The number of rotatable bonds is 3. The van der Waals surface area contributed by atoms with E-state index in [1.54, 1.807) is 0 Å². The Bertz CT molecular complexity index is 218. The normalized spacial score (nSPS) is 30.4. The highest BCUT2D eigenvalue weighted by Crippen LogP contribution is 2.16. The SMILES string of the molecule is C[C@H]1CN[C@@H](CO)CN1C(O)OC(C)(C)C. The first kappa shape index (κ1) is 13.9. The van der Waals surface area contributed by atoms with Gasteiger partial charge in [-0.05, 0) is 27.7 Å². The molecule has 0 aromatic carbocycles. The minimum atomic E-state index is -0.911. The Kier molecular flexibility index (Phi) is 4.70. The van der Waals surface area contributed by atoms with E-state index in [-0.39, 0.29) is 24.3 Å². The number of aliphatic hydroxyl groups is 2. The van der Waals surface area contributed by atoms with Crippen molar-refractivity contribution >= 4 is 0 Å². The third-order valence-corrected chi connectivity index (χ3v) is 2.66. The summed E-state index contributed by atoms with van der Waals surface area (Å²) in [5.41, 5.74) is -0.376. The van der Waals surface area contributed by atoms with E-state index in [0.717, 1.165) is 6.54 Å². The first-order valence-electron chi connectivity index (χ1n) is 5.79. The highest BCUT2D eigenvalue weighted by molar-refractivity contribution is 4.83. The van der Waals surface area contributed by atoms with Crippen LogP contribution in [0.2, 0.25) is 0 Å². The van der Waals surface area contributed by atoms with Crippen LogP contribution in [0.25, 0.3) is 0 Å². The Hall–Kier alpha value is -0.200. The van der Waals surface area contributed by atoms with Crippen LogP contribution in [-0.4, -0.2) is 58.9 Å². The Morgan fingerprint density at radius 2 is 2.12 bits per heavy atom. The first-order valence-corrected chi connectivity index (χ1v) is 5.79. The summed E-state index contributed by atoms with van der Waals surface area (Å²) in [5.74, 6) is 0. The molecule has 0 saturated carbocycles. The van der Waals surface area contributed by atoms with E-state index in [9.17, 15) is 5.11 Å². The van der Waals surface area contributed by atoms with Crippen LogP contribution < -0.4 is 5.32 Å². The molecule has 3 atom stereocenters. The van der Waals surface area contributed by atoms with Gasteiger partial charge in [0.1, 0.15) is 0 Å². The second-order valence-electron chi connectivity index (χ2n) is 5.39. The molecular formula is C11H24N2O3. The highest BCUT2D eigenvalue weighted by Gasteiger charge is 2.31. The molecule has 1 aliphatic rings. The molecule has 96 valence electrons. The van der Waals surface area contributed by atoms with Gasteiger partial charge in [-0.25, -0.2) is 4.90 Å². The first-order chi connectivity index (χ1) is 7.33. The average Bonchev–Trinajstić information content (AvgIpc) is 2.15. The zero-order valence-corrected chi connectivity index (χ0v) is 10.6. The van der Waals surface area contributed by atoms with Gasteiger partial charge in [0.05, 0.1) is 12.2 Å². The summed E-state index contributed by atoms with van der Waals surface area (Å²) in [5, 5.41) is 22.3. The molecule has 3 N–H and O–H groups in total. The number of hydrogen-bond acceptors (Lipinski definition) is 5. The molecule has 1 rings (SSSR count). The van der Waals surface area contributed by atoms with Crippen molar-refractivity contribution in [3.05, 3.63) is 0 Å². The van der Waals surface area contributed by atoms with Crippen molar-refractivity contribution in [2.75, 3.05) is 19.7 Å². The van der Waals surface area contributed by atoms with Crippen LogP contribution in [0.15, 0.2) is 0 Å². The number of aliphatic hydroxyl groups excluding tert-OH is 2. The maximum atomic E-state index is 9.99. The Morgan fingerprint density at radius 3 is 2.62 bits per heavy atom. The molecule has 0 radical (unpaired) electrons. The predicted octanol–water partition coefficient (Wildman–Crippen LogP) is -0.268. The molecule has 0 aromatic rings. The number of piperazine rings is 1. The third-order valence-electron chi connectivity index (χ3n) is 2.66. The Balaban J connectivity index is 2.55. The Labute approximate surface area is 97.4 Å². The molecule has 1 saturated heterocycles. The van der Waals surface area contributed by atoms with Crippen molar-refractivity contribution in [2.24, 2.45) is 0 Å². The summed E-state index contributed by atoms with van der Waals surface area (Å²) in [6.45, 7) is 9.16. The number of nitrogens with zero attached hydrogens (tertiary/aromatic N) is 1. The minimum absolute atomic E-state index is 0.00872. The van der Waals surface area contributed by atoms with Gasteiger partial charge in [0.2, 0.25) is 6.41 Å². The van der Waals surface area contributed by atoms with Crippen LogP contribution in [0.1, 0.15) is 27.7 Å². The third kappa shape index (κ3) is 3.99. The van der Waals surface area contributed by atoms with Crippen LogP contribution in [0, 0.1) is 0 Å². The zero-order valence-electron chi connectivity index (χ0n) is 10.6. The molecule has 0 spiro atoms. The summed E-state index contributed by atoms with van der Waals surface area (Å²) in [6, 6.07) is 0.203. The van der Waals surface area contributed by atoms with Gasteiger partial charge in [-0.15, -0.1) is 0 Å². The second-order valence-corrected chi connectivity index (χ2v) is 5.39. The summed E-state index contributed by atoms with van der Waals surface area (Å²) in [6.07, 6.45) is -0.911. The molecule has 0 bridgehead atoms.